The number of aryl methyl sites for hydroxylation is 2. The lowest BCUT2D eigenvalue weighted by atomic mass is 10.3. The third-order valence-corrected chi connectivity index (χ3v) is 2.98. The van der Waals surface area contributed by atoms with Gasteiger partial charge in [0.15, 0.2) is 5.82 Å². The zero-order valence-electron chi connectivity index (χ0n) is 10.3. The molecule has 0 saturated heterocycles. The Labute approximate surface area is 104 Å². The SMILES string of the molecule is Cn1ccnc1CNc1nccc2c1ncn2C. The molecule has 0 aliphatic rings. The van der Waals surface area contributed by atoms with E-state index in [9.17, 15) is 0 Å². The highest BCUT2D eigenvalue weighted by Gasteiger charge is 2.07. The average Bonchev–Trinajstić information content (AvgIpc) is 2.95. The van der Waals surface area contributed by atoms with Crippen LogP contribution in [0.25, 0.3) is 11.0 Å². The van der Waals surface area contributed by atoms with E-state index in [1.165, 1.54) is 0 Å². The van der Waals surface area contributed by atoms with Gasteiger partial charge in [-0.2, -0.15) is 0 Å². The van der Waals surface area contributed by atoms with Gasteiger partial charge < -0.3 is 14.5 Å². The minimum absolute atomic E-state index is 0.631. The van der Waals surface area contributed by atoms with Crippen molar-refractivity contribution in [2.24, 2.45) is 14.1 Å². The molecule has 0 atom stereocenters. The Kier molecular flexibility index (Phi) is 2.47. The first-order chi connectivity index (χ1) is 8.75. The van der Waals surface area contributed by atoms with Gasteiger partial charge in [0.05, 0.1) is 18.4 Å². The standard InChI is InChI=1S/C12H14N6/c1-17-6-5-13-10(17)7-15-12-11-9(3-4-14-12)18(2)8-16-11/h3-6,8H,7H2,1-2H3,(H,14,15). The van der Waals surface area contributed by atoms with E-state index in [-0.39, 0.29) is 0 Å². The highest BCUT2D eigenvalue weighted by molar-refractivity contribution is 5.85. The van der Waals surface area contributed by atoms with Gasteiger partial charge in [-0.15, -0.1) is 0 Å². The summed E-state index contributed by atoms with van der Waals surface area (Å²) in [6.07, 6.45) is 7.28. The number of hydrogen-bond acceptors (Lipinski definition) is 4. The number of hydrogen-bond donors (Lipinski definition) is 1. The van der Waals surface area contributed by atoms with Gasteiger partial charge in [-0.1, -0.05) is 0 Å². The molecular formula is C12H14N6. The summed E-state index contributed by atoms with van der Waals surface area (Å²) in [6, 6.07) is 1.95. The van der Waals surface area contributed by atoms with E-state index in [4.69, 9.17) is 0 Å². The fraction of sp³-hybridized carbons (Fsp3) is 0.250. The fourth-order valence-electron chi connectivity index (χ4n) is 1.92. The molecule has 3 aromatic rings. The van der Waals surface area contributed by atoms with Crippen LogP contribution in [0.3, 0.4) is 0 Å². The van der Waals surface area contributed by atoms with Gasteiger partial charge in [-0.25, -0.2) is 15.0 Å². The molecule has 1 N–H and O–H groups in total. The van der Waals surface area contributed by atoms with Crippen LogP contribution in [0.5, 0.6) is 0 Å². The zero-order chi connectivity index (χ0) is 12.5. The molecular weight excluding hydrogens is 228 g/mol. The Morgan fingerprint density at radius 1 is 1.11 bits per heavy atom. The number of imidazole rings is 2. The predicted octanol–water partition coefficient (Wildman–Crippen LogP) is 1.31. The number of fused-ring (bicyclic) bond motifs is 1. The molecule has 3 aromatic heterocycles. The van der Waals surface area contributed by atoms with Crippen LogP contribution in [0.15, 0.2) is 31.0 Å². The summed E-state index contributed by atoms with van der Waals surface area (Å²) in [5.41, 5.74) is 1.95. The molecule has 0 spiro atoms. The summed E-state index contributed by atoms with van der Waals surface area (Å²) >= 11 is 0. The van der Waals surface area contributed by atoms with Crippen LogP contribution in [0.2, 0.25) is 0 Å². The fourth-order valence-corrected chi connectivity index (χ4v) is 1.92. The van der Waals surface area contributed by atoms with E-state index >= 15 is 0 Å². The minimum atomic E-state index is 0.631. The molecule has 3 heterocycles. The molecule has 0 aromatic carbocycles. The summed E-state index contributed by atoms with van der Waals surface area (Å²) < 4.78 is 3.95. The van der Waals surface area contributed by atoms with Crippen LogP contribution in [0.1, 0.15) is 5.82 Å². The summed E-state index contributed by atoms with van der Waals surface area (Å²) in [6.45, 7) is 0.631. The van der Waals surface area contributed by atoms with E-state index in [1.54, 1.807) is 18.7 Å². The van der Waals surface area contributed by atoms with Gasteiger partial charge in [0.25, 0.3) is 0 Å². The second-order valence-electron chi connectivity index (χ2n) is 4.19. The number of nitrogens with zero attached hydrogens (tertiary/aromatic N) is 5. The Morgan fingerprint density at radius 3 is 2.78 bits per heavy atom. The van der Waals surface area contributed by atoms with Crippen molar-refractivity contribution in [1.82, 2.24) is 24.1 Å². The van der Waals surface area contributed by atoms with Crippen LogP contribution in [0, 0.1) is 0 Å². The van der Waals surface area contributed by atoms with E-state index < -0.39 is 0 Å². The molecule has 0 saturated carbocycles. The van der Waals surface area contributed by atoms with Crippen molar-refractivity contribution in [3.8, 4) is 0 Å². The molecule has 0 radical (unpaired) electrons. The number of anilines is 1. The second-order valence-corrected chi connectivity index (χ2v) is 4.19. The van der Waals surface area contributed by atoms with Crippen molar-refractivity contribution in [2.45, 2.75) is 6.54 Å². The number of rotatable bonds is 3. The topological polar surface area (TPSA) is 60.6 Å². The van der Waals surface area contributed by atoms with Gasteiger partial charge >= 0.3 is 0 Å². The molecule has 3 rings (SSSR count). The van der Waals surface area contributed by atoms with Crippen LogP contribution < -0.4 is 5.32 Å². The summed E-state index contributed by atoms with van der Waals surface area (Å²) in [5.74, 6) is 1.75. The molecule has 18 heavy (non-hydrogen) atoms. The lowest BCUT2D eigenvalue weighted by molar-refractivity contribution is 0.811. The van der Waals surface area contributed by atoms with Crippen molar-refractivity contribution in [3.63, 3.8) is 0 Å². The lowest BCUT2D eigenvalue weighted by Crippen LogP contribution is -2.07. The Bertz CT molecular complexity index is 681. The first-order valence-corrected chi connectivity index (χ1v) is 5.72. The number of pyridine rings is 1. The van der Waals surface area contributed by atoms with Crippen LogP contribution in [0.4, 0.5) is 5.82 Å². The third-order valence-electron chi connectivity index (χ3n) is 2.98. The second kappa shape index (κ2) is 4.14. The molecule has 6 heteroatoms. The molecule has 0 aliphatic carbocycles. The van der Waals surface area contributed by atoms with Gasteiger partial charge in [0, 0.05) is 32.7 Å². The number of nitrogens with one attached hydrogen (secondary N) is 1. The van der Waals surface area contributed by atoms with Crippen molar-refractivity contribution < 1.29 is 0 Å². The van der Waals surface area contributed by atoms with Gasteiger partial charge in [-0.3, -0.25) is 0 Å². The first-order valence-electron chi connectivity index (χ1n) is 5.72. The van der Waals surface area contributed by atoms with Gasteiger partial charge in [-0.05, 0) is 6.07 Å². The maximum atomic E-state index is 4.35. The molecule has 0 aliphatic heterocycles. The summed E-state index contributed by atoms with van der Waals surface area (Å²) in [7, 11) is 3.94. The lowest BCUT2D eigenvalue weighted by Gasteiger charge is -2.06. The molecule has 0 fully saturated rings. The van der Waals surface area contributed by atoms with Crippen molar-refractivity contribution >= 4 is 16.9 Å². The van der Waals surface area contributed by atoms with Gasteiger partial charge in [0.1, 0.15) is 11.3 Å². The largest absolute Gasteiger partial charge is 0.361 e. The molecule has 0 unspecified atom stereocenters. The molecule has 0 bridgehead atoms. The summed E-state index contributed by atoms with van der Waals surface area (Å²) in [4.78, 5) is 12.9. The maximum Gasteiger partial charge on any atom is 0.154 e. The van der Waals surface area contributed by atoms with Crippen molar-refractivity contribution in [1.29, 1.82) is 0 Å². The van der Waals surface area contributed by atoms with Crippen LogP contribution in [-0.4, -0.2) is 24.1 Å². The van der Waals surface area contributed by atoms with E-state index in [0.717, 1.165) is 22.7 Å². The highest BCUT2D eigenvalue weighted by atomic mass is 15.1. The van der Waals surface area contributed by atoms with Crippen molar-refractivity contribution in [2.75, 3.05) is 5.32 Å². The number of aromatic nitrogens is 5. The van der Waals surface area contributed by atoms with Crippen molar-refractivity contribution in [3.05, 3.63) is 36.8 Å². The Hall–Kier alpha value is -2.37. The quantitative estimate of drug-likeness (QED) is 0.752. The van der Waals surface area contributed by atoms with E-state index in [2.05, 4.69) is 20.3 Å². The average molecular weight is 242 g/mol. The first kappa shape index (κ1) is 10.8. The molecule has 6 nitrogen and oxygen atoms in total. The smallest absolute Gasteiger partial charge is 0.154 e. The normalized spacial score (nSPS) is 11.0. The van der Waals surface area contributed by atoms with E-state index in [0.29, 0.717) is 6.54 Å². The highest BCUT2D eigenvalue weighted by Crippen LogP contribution is 2.18. The Morgan fingerprint density at radius 2 is 2.00 bits per heavy atom. The molecule has 92 valence electrons. The van der Waals surface area contributed by atoms with Gasteiger partial charge in [0.2, 0.25) is 0 Å². The predicted molar refractivity (Wildman–Crippen MR) is 69.0 cm³/mol. The monoisotopic (exact) mass is 242 g/mol. The molecule has 0 amide bonds. The minimum Gasteiger partial charge on any atom is -0.361 e. The summed E-state index contributed by atoms with van der Waals surface area (Å²) in [5, 5.41) is 3.27. The van der Waals surface area contributed by atoms with E-state index in [1.807, 2.05) is 35.5 Å². The maximum absolute atomic E-state index is 4.35. The van der Waals surface area contributed by atoms with Crippen LogP contribution >= 0.6 is 0 Å². The van der Waals surface area contributed by atoms with Crippen LogP contribution in [-0.2, 0) is 20.6 Å². The zero-order valence-corrected chi connectivity index (χ0v) is 10.3. The third kappa shape index (κ3) is 1.71. The Balaban J connectivity index is 1.89.